The standard InChI is InChI=1S/C19H19N5OS/c1-13(14-10-22-23(2)12-14)24-9-8-20-18(24)17-11-21-19(26-17)15-6-4-5-7-16(15)25-3/h4-13H,1-3H3. The molecule has 6 nitrogen and oxygen atoms in total. The van der Waals surface area contributed by atoms with Crippen molar-refractivity contribution in [3.05, 3.63) is 60.8 Å². The van der Waals surface area contributed by atoms with E-state index in [0.717, 1.165) is 32.6 Å². The summed E-state index contributed by atoms with van der Waals surface area (Å²) in [5.41, 5.74) is 2.13. The Bertz CT molecular complexity index is 1030. The van der Waals surface area contributed by atoms with Gasteiger partial charge in [-0.05, 0) is 19.1 Å². The first-order chi connectivity index (χ1) is 12.7. The minimum atomic E-state index is 0.137. The monoisotopic (exact) mass is 365 g/mol. The summed E-state index contributed by atoms with van der Waals surface area (Å²) in [6.45, 7) is 2.14. The maximum Gasteiger partial charge on any atom is 0.152 e. The molecule has 0 fully saturated rings. The Morgan fingerprint density at radius 2 is 2.00 bits per heavy atom. The minimum absolute atomic E-state index is 0.137. The third kappa shape index (κ3) is 2.90. The molecule has 0 aliphatic carbocycles. The Morgan fingerprint density at radius 3 is 2.77 bits per heavy atom. The van der Waals surface area contributed by atoms with Crippen molar-refractivity contribution >= 4 is 11.3 Å². The first-order valence-corrected chi connectivity index (χ1v) is 9.10. The van der Waals surface area contributed by atoms with E-state index in [1.165, 1.54) is 0 Å². The van der Waals surface area contributed by atoms with Crippen LogP contribution in [0.4, 0.5) is 0 Å². The van der Waals surface area contributed by atoms with Gasteiger partial charge in [-0.1, -0.05) is 12.1 Å². The molecule has 0 aliphatic heterocycles. The minimum Gasteiger partial charge on any atom is -0.496 e. The van der Waals surface area contributed by atoms with Gasteiger partial charge in [0.2, 0.25) is 0 Å². The fourth-order valence-corrected chi connectivity index (χ4v) is 3.90. The summed E-state index contributed by atoms with van der Waals surface area (Å²) in [4.78, 5) is 10.2. The molecule has 7 heteroatoms. The second kappa shape index (κ2) is 6.76. The Labute approximate surface area is 155 Å². The highest BCUT2D eigenvalue weighted by Gasteiger charge is 2.18. The lowest BCUT2D eigenvalue weighted by atomic mass is 10.2. The Morgan fingerprint density at radius 1 is 1.15 bits per heavy atom. The second-order valence-electron chi connectivity index (χ2n) is 6.01. The van der Waals surface area contributed by atoms with E-state index in [4.69, 9.17) is 4.74 Å². The van der Waals surface area contributed by atoms with Gasteiger partial charge in [-0.3, -0.25) is 4.68 Å². The number of ether oxygens (including phenoxy) is 1. The zero-order valence-electron chi connectivity index (χ0n) is 14.8. The molecule has 0 aliphatic rings. The molecule has 1 unspecified atom stereocenters. The fourth-order valence-electron chi connectivity index (χ4n) is 2.96. The van der Waals surface area contributed by atoms with Crippen LogP contribution in [-0.2, 0) is 7.05 Å². The number of hydrogen-bond donors (Lipinski definition) is 0. The molecule has 1 atom stereocenters. The molecule has 0 bridgehead atoms. The first-order valence-electron chi connectivity index (χ1n) is 8.28. The highest BCUT2D eigenvalue weighted by atomic mass is 32.1. The van der Waals surface area contributed by atoms with E-state index in [1.54, 1.807) is 18.4 Å². The number of imidazole rings is 1. The van der Waals surface area contributed by atoms with Crippen LogP contribution >= 0.6 is 11.3 Å². The Balaban J connectivity index is 1.70. The van der Waals surface area contributed by atoms with Crippen LogP contribution in [0.15, 0.2) is 55.2 Å². The van der Waals surface area contributed by atoms with Gasteiger partial charge in [-0.2, -0.15) is 5.10 Å². The van der Waals surface area contributed by atoms with Crippen molar-refractivity contribution in [3.63, 3.8) is 0 Å². The molecular weight excluding hydrogens is 346 g/mol. The predicted molar refractivity (Wildman–Crippen MR) is 102 cm³/mol. The van der Waals surface area contributed by atoms with E-state index in [-0.39, 0.29) is 6.04 Å². The first kappa shape index (κ1) is 16.5. The van der Waals surface area contributed by atoms with Gasteiger partial charge in [-0.25, -0.2) is 9.97 Å². The lowest BCUT2D eigenvalue weighted by Gasteiger charge is -2.14. The van der Waals surface area contributed by atoms with Crippen LogP contribution in [-0.4, -0.2) is 31.4 Å². The van der Waals surface area contributed by atoms with Crippen molar-refractivity contribution < 1.29 is 4.74 Å². The molecule has 0 spiro atoms. The van der Waals surface area contributed by atoms with Crippen LogP contribution in [0.2, 0.25) is 0 Å². The quantitative estimate of drug-likeness (QED) is 0.536. The summed E-state index contributed by atoms with van der Waals surface area (Å²) in [6, 6.07) is 8.05. The normalized spacial score (nSPS) is 12.3. The van der Waals surface area contributed by atoms with Crippen LogP contribution in [0.5, 0.6) is 5.75 Å². The van der Waals surface area contributed by atoms with Gasteiger partial charge in [0.05, 0.1) is 29.8 Å². The molecule has 26 heavy (non-hydrogen) atoms. The third-order valence-electron chi connectivity index (χ3n) is 4.36. The number of para-hydroxylation sites is 1. The highest BCUT2D eigenvalue weighted by molar-refractivity contribution is 7.18. The number of nitrogens with zero attached hydrogens (tertiary/aromatic N) is 5. The summed E-state index contributed by atoms with van der Waals surface area (Å²) in [5.74, 6) is 1.72. The zero-order valence-corrected chi connectivity index (χ0v) is 15.6. The SMILES string of the molecule is COc1ccccc1-c1ncc(-c2nccn2C(C)c2cnn(C)c2)s1. The van der Waals surface area contributed by atoms with E-state index < -0.39 is 0 Å². The average Bonchev–Trinajstić information content (AvgIpc) is 3.40. The molecule has 4 rings (SSSR count). The third-order valence-corrected chi connectivity index (χ3v) is 5.38. The molecule has 132 valence electrons. The molecule has 4 aromatic rings. The smallest absolute Gasteiger partial charge is 0.152 e. The summed E-state index contributed by atoms with van der Waals surface area (Å²) in [7, 11) is 3.60. The Kier molecular flexibility index (Phi) is 4.30. The van der Waals surface area contributed by atoms with Crippen molar-refractivity contribution in [2.45, 2.75) is 13.0 Å². The zero-order chi connectivity index (χ0) is 18.1. The second-order valence-corrected chi connectivity index (χ2v) is 7.04. The summed E-state index contributed by atoms with van der Waals surface area (Å²) in [6.07, 6.45) is 9.62. The largest absolute Gasteiger partial charge is 0.496 e. The van der Waals surface area contributed by atoms with Crippen molar-refractivity contribution in [1.29, 1.82) is 0 Å². The summed E-state index contributed by atoms with van der Waals surface area (Å²) >= 11 is 1.61. The van der Waals surface area contributed by atoms with Gasteiger partial charge in [0.1, 0.15) is 10.8 Å². The van der Waals surface area contributed by atoms with E-state index in [0.29, 0.717) is 0 Å². The van der Waals surface area contributed by atoms with Crippen molar-refractivity contribution in [2.24, 2.45) is 7.05 Å². The fraction of sp³-hybridized carbons (Fsp3) is 0.211. The molecular formula is C19H19N5OS. The van der Waals surface area contributed by atoms with Gasteiger partial charge in [0.15, 0.2) is 5.82 Å². The van der Waals surface area contributed by atoms with Crippen molar-refractivity contribution in [1.82, 2.24) is 24.3 Å². The molecule has 3 aromatic heterocycles. The maximum absolute atomic E-state index is 5.46. The Hall–Kier alpha value is -2.93. The number of benzene rings is 1. The van der Waals surface area contributed by atoms with Crippen molar-refractivity contribution in [3.8, 4) is 27.0 Å². The number of aromatic nitrogens is 5. The van der Waals surface area contributed by atoms with Gasteiger partial charge in [0.25, 0.3) is 0 Å². The molecule has 1 aromatic carbocycles. The number of methoxy groups -OCH3 is 1. The van der Waals surface area contributed by atoms with Crippen LogP contribution in [0.25, 0.3) is 21.3 Å². The average molecular weight is 365 g/mol. The summed E-state index contributed by atoms with van der Waals surface area (Å²) < 4.78 is 9.42. The topological polar surface area (TPSA) is 57.8 Å². The van der Waals surface area contributed by atoms with Crippen LogP contribution in [0.3, 0.4) is 0 Å². The molecule has 0 N–H and O–H groups in total. The highest BCUT2D eigenvalue weighted by Crippen LogP contribution is 2.36. The lowest BCUT2D eigenvalue weighted by Crippen LogP contribution is -2.06. The van der Waals surface area contributed by atoms with Gasteiger partial charge in [0, 0.05) is 37.4 Å². The van der Waals surface area contributed by atoms with Gasteiger partial charge < -0.3 is 9.30 Å². The molecule has 0 saturated heterocycles. The van der Waals surface area contributed by atoms with Crippen molar-refractivity contribution in [2.75, 3.05) is 7.11 Å². The summed E-state index contributed by atoms with van der Waals surface area (Å²) in [5, 5.41) is 5.19. The predicted octanol–water partition coefficient (Wildman–Crippen LogP) is 4.03. The van der Waals surface area contributed by atoms with E-state index in [1.807, 2.05) is 67.0 Å². The number of hydrogen-bond acceptors (Lipinski definition) is 5. The van der Waals surface area contributed by atoms with E-state index in [2.05, 4.69) is 26.6 Å². The number of thiazole rings is 1. The molecule has 0 amide bonds. The molecule has 0 saturated carbocycles. The van der Waals surface area contributed by atoms with Crippen LogP contribution in [0.1, 0.15) is 18.5 Å². The maximum atomic E-state index is 5.46. The van der Waals surface area contributed by atoms with Gasteiger partial charge >= 0.3 is 0 Å². The lowest BCUT2D eigenvalue weighted by molar-refractivity contribution is 0.416. The van der Waals surface area contributed by atoms with Crippen LogP contribution in [0, 0.1) is 0 Å². The van der Waals surface area contributed by atoms with Gasteiger partial charge in [-0.15, -0.1) is 11.3 Å². The van der Waals surface area contributed by atoms with E-state index >= 15 is 0 Å². The number of rotatable bonds is 5. The van der Waals surface area contributed by atoms with Crippen LogP contribution < -0.4 is 4.74 Å². The number of aryl methyl sites for hydroxylation is 1. The van der Waals surface area contributed by atoms with E-state index in [9.17, 15) is 0 Å². The molecule has 3 heterocycles. The molecule has 0 radical (unpaired) electrons.